The Morgan fingerprint density at radius 2 is 1.72 bits per heavy atom. The SMILES string of the molecule is C=CCN1CC(=O)N2[C@@H](Cc3ccc(O)cc3)C(=O)N(Cc3cccc(-c4cccnc4F)c3)C[C@@H]2N1C(=O)CCc1ccccc1. The molecule has 2 atom stereocenters. The van der Waals surface area contributed by atoms with Gasteiger partial charge in [-0.3, -0.25) is 14.4 Å². The van der Waals surface area contributed by atoms with Crippen LogP contribution in [0, 0.1) is 5.95 Å². The first-order valence-corrected chi connectivity index (χ1v) is 15.6. The fourth-order valence-corrected chi connectivity index (χ4v) is 6.43. The van der Waals surface area contributed by atoms with E-state index in [1.54, 1.807) is 74.4 Å². The number of carbonyl (C=O) groups is 3. The number of aromatic hydroxyl groups is 1. The second-order valence-corrected chi connectivity index (χ2v) is 11.8. The van der Waals surface area contributed by atoms with Gasteiger partial charge in [0.2, 0.25) is 23.7 Å². The van der Waals surface area contributed by atoms with Gasteiger partial charge in [-0.15, -0.1) is 6.58 Å². The predicted octanol–water partition coefficient (Wildman–Crippen LogP) is 4.58. The van der Waals surface area contributed by atoms with E-state index < -0.39 is 18.2 Å². The normalized spacial score (nSPS) is 18.3. The lowest BCUT2D eigenvalue weighted by Gasteiger charge is -2.55. The number of pyridine rings is 1. The fraction of sp³-hybridized carbons (Fsp3) is 0.243. The zero-order valence-electron chi connectivity index (χ0n) is 25.9. The summed E-state index contributed by atoms with van der Waals surface area (Å²) in [5.74, 6) is -1.16. The van der Waals surface area contributed by atoms with Crippen LogP contribution in [-0.4, -0.2) is 79.5 Å². The number of aryl methyl sites for hydroxylation is 1. The second kappa shape index (κ2) is 14.0. The number of aromatic nitrogens is 1. The fourth-order valence-electron chi connectivity index (χ4n) is 6.43. The molecule has 0 bridgehead atoms. The summed E-state index contributed by atoms with van der Waals surface area (Å²) in [5, 5.41) is 13.2. The topological polar surface area (TPSA) is 97.3 Å². The number of hydrazine groups is 1. The molecule has 0 spiro atoms. The summed E-state index contributed by atoms with van der Waals surface area (Å²) in [4.78, 5) is 49.1. The Labute approximate surface area is 273 Å². The van der Waals surface area contributed by atoms with Crippen molar-refractivity contribution in [2.75, 3.05) is 19.6 Å². The molecule has 1 aromatic heterocycles. The summed E-state index contributed by atoms with van der Waals surface area (Å²) >= 11 is 0. The zero-order valence-corrected chi connectivity index (χ0v) is 25.9. The number of rotatable bonds is 10. The molecule has 47 heavy (non-hydrogen) atoms. The molecule has 2 aliphatic heterocycles. The third kappa shape index (κ3) is 6.92. The van der Waals surface area contributed by atoms with Crippen LogP contribution in [0.4, 0.5) is 4.39 Å². The number of phenolic OH excluding ortho intramolecular Hbond substituents is 1. The van der Waals surface area contributed by atoms with Crippen LogP contribution in [0.5, 0.6) is 5.75 Å². The van der Waals surface area contributed by atoms with Gasteiger partial charge < -0.3 is 14.9 Å². The molecule has 2 fully saturated rings. The number of halogens is 1. The van der Waals surface area contributed by atoms with Gasteiger partial charge in [0.05, 0.1) is 13.1 Å². The first-order valence-electron chi connectivity index (χ1n) is 15.6. The first-order chi connectivity index (χ1) is 22.8. The summed E-state index contributed by atoms with van der Waals surface area (Å²) < 4.78 is 14.5. The highest BCUT2D eigenvalue weighted by atomic mass is 19.1. The number of hydrogen-bond donors (Lipinski definition) is 1. The maximum Gasteiger partial charge on any atom is 0.246 e. The smallest absolute Gasteiger partial charge is 0.246 e. The van der Waals surface area contributed by atoms with Crippen molar-refractivity contribution in [2.45, 2.75) is 38.0 Å². The Hall–Kier alpha value is -5.35. The minimum atomic E-state index is -0.889. The average molecular weight is 634 g/mol. The molecular weight excluding hydrogens is 597 g/mol. The van der Waals surface area contributed by atoms with Gasteiger partial charge in [0.15, 0.2) is 0 Å². The molecule has 0 saturated carbocycles. The number of fused-ring (bicyclic) bond motifs is 1. The zero-order chi connectivity index (χ0) is 32.9. The van der Waals surface area contributed by atoms with Gasteiger partial charge >= 0.3 is 0 Å². The minimum absolute atomic E-state index is 0.0718. The Morgan fingerprint density at radius 1 is 0.957 bits per heavy atom. The number of nitrogens with zero attached hydrogens (tertiary/aromatic N) is 5. The molecule has 2 aliphatic rings. The second-order valence-electron chi connectivity index (χ2n) is 11.8. The van der Waals surface area contributed by atoms with Crippen LogP contribution in [0.25, 0.3) is 11.1 Å². The van der Waals surface area contributed by atoms with Crippen LogP contribution in [-0.2, 0) is 33.8 Å². The first kappa shape index (κ1) is 31.6. The van der Waals surface area contributed by atoms with Crippen molar-refractivity contribution < 1.29 is 23.9 Å². The van der Waals surface area contributed by atoms with Gasteiger partial charge in [-0.25, -0.2) is 15.0 Å². The Morgan fingerprint density at radius 3 is 2.47 bits per heavy atom. The Bertz CT molecular complexity index is 1770. The Kier molecular flexibility index (Phi) is 9.40. The van der Waals surface area contributed by atoms with Crippen molar-refractivity contribution in [3.63, 3.8) is 0 Å². The summed E-state index contributed by atoms with van der Waals surface area (Å²) in [6.07, 6.45) is 3.23. The van der Waals surface area contributed by atoms with E-state index in [9.17, 15) is 23.9 Å². The molecule has 1 N–H and O–H groups in total. The molecular formula is C37H36FN5O4. The average Bonchev–Trinajstić information content (AvgIpc) is 3.07. The quantitative estimate of drug-likeness (QED) is 0.203. The predicted molar refractivity (Wildman–Crippen MR) is 175 cm³/mol. The molecule has 3 aromatic carbocycles. The standard InChI is InChI=1S/C37H36FN5O4/c1-2-20-41-25-35(46)42-32(22-27-13-16-30(44)17-14-27)37(47)40(23-28-10-6-11-29(21-28)31-12-7-19-39-36(31)38)24-33(42)43(41)34(45)18-15-26-8-4-3-5-9-26/h2-14,16-17,19,21,32-33,44H,1,15,18,20,22-25H2/t32-,33-/m0/s1. The maximum absolute atomic E-state index is 14.5. The van der Waals surface area contributed by atoms with Crippen LogP contribution in [0.15, 0.2) is 110 Å². The van der Waals surface area contributed by atoms with Gasteiger partial charge in [-0.2, -0.15) is 4.39 Å². The Balaban J connectivity index is 1.35. The van der Waals surface area contributed by atoms with Crippen LogP contribution >= 0.6 is 0 Å². The van der Waals surface area contributed by atoms with E-state index in [-0.39, 0.29) is 62.5 Å². The van der Waals surface area contributed by atoms with Crippen LogP contribution < -0.4 is 0 Å². The number of carbonyl (C=O) groups excluding carboxylic acids is 3. The van der Waals surface area contributed by atoms with Crippen LogP contribution in [0.1, 0.15) is 23.1 Å². The summed E-state index contributed by atoms with van der Waals surface area (Å²) in [5.41, 5.74) is 3.53. The van der Waals surface area contributed by atoms with Gasteiger partial charge in [-0.05, 0) is 59.0 Å². The molecule has 0 aliphatic carbocycles. The van der Waals surface area contributed by atoms with E-state index in [4.69, 9.17) is 0 Å². The molecule has 6 rings (SSSR count). The van der Waals surface area contributed by atoms with E-state index in [2.05, 4.69) is 11.6 Å². The van der Waals surface area contributed by atoms with Crippen molar-refractivity contribution in [3.8, 4) is 16.9 Å². The number of amides is 3. The van der Waals surface area contributed by atoms with E-state index in [1.165, 1.54) is 6.20 Å². The monoisotopic (exact) mass is 633 g/mol. The number of hydrogen-bond acceptors (Lipinski definition) is 6. The van der Waals surface area contributed by atoms with Gasteiger partial charge in [-0.1, -0.05) is 66.7 Å². The van der Waals surface area contributed by atoms with Crippen LogP contribution in [0.2, 0.25) is 0 Å². The molecule has 0 radical (unpaired) electrons. The highest BCUT2D eigenvalue weighted by molar-refractivity contribution is 5.92. The van der Waals surface area contributed by atoms with E-state index in [0.717, 1.165) is 16.7 Å². The van der Waals surface area contributed by atoms with Gasteiger partial charge in [0.25, 0.3) is 0 Å². The van der Waals surface area contributed by atoms with Crippen molar-refractivity contribution in [1.82, 2.24) is 24.8 Å². The maximum atomic E-state index is 14.5. The largest absolute Gasteiger partial charge is 0.508 e. The molecule has 3 heterocycles. The summed E-state index contributed by atoms with van der Waals surface area (Å²) in [7, 11) is 0. The van der Waals surface area contributed by atoms with E-state index in [1.807, 2.05) is 42.5 Å². The molecule has 10 heteroatoms. The molecule has 0 unspecified atom stereocenters. The lowest BCUT2D eigenvalue weighted by molar-refractivity contribution is -0.205. The third-order valence-corrected chi connectivity index (χ3v) is 8.63. The van der Waals surface area contributed by atoms with Crippen molar-refractivity contribution in [1.29, 1.82) is 0 Å². The van der Waals surface area contributed by atoms with E-state index >= 15 is 0 Å². The van der Waals surface area contributed by atoms with E-state index in [0.29, 0.717) is 17.5 Å². The molecule has 240 valence electrons. The lowest BCUT2D eigenvalue weighted by Crippen LogP contribution is -2.75. The number of piperazine rings is 1. The third-order valence-electron chi connectivity index (χ3n) is 8.63. The van der Waals surface area contributed by atoms with Crippen molar-refractivity contribution in [3.05, 3.63) is 132 Å². The van der Waals surface area contributed by atoms with Gasteiger partial charge in [0, 0.05) is 37.7 Å². The molecule has 9 nitrogen and oxygen atoms in total. The molecule has 4 aromatic rings. The summed E-state index contributed by atoms with van der Waals surface area (Å²) in [6.45, 7) is 4.34. The highest BCUT2D eigenvalue weighted by Crippen LogP contribution is 2.31. The molecule has 3 amide bonds. The van der Waals surface area contributed by atoms with Crippen molar-refractivity contribution in [2.24, 2.45) is 0 Å². The molecule has 2 saturated heterocycles. The summed E-state index contributed by atoms with van der Waals surface area (Å²) in [6, 6.07) is 26.0. The number of phenols is 1. The van der Waals surface area contributed by atoms with Crippen LogP contribution in [0.3, 0.4) is 0 Å². The number of benzene rings is 3. The lowest BCUT2D eigenvalue weighted by atomic mass is 9.97. The minimum Gasteiger partial charge on any atom is -0.508 e. The highest BCUT2D eigenvalue weighted by Gasteiger charge is 2.51. The van der Waals surface area contributed by atoms with Crippen molar-refractivity contribution >= 4 is 17.7 Å². The van der Waals surface area contributed by atoms with Gasteiger partial charge in [0.1, 0.15) is 18.0 Å².